The summed E-state index contributed by atoms with van der Waals surface area (Å²) in [6.07, 6.45) is 0.349. The van der Waals surface area contributed by atoms with Crippen molar-refractivity contribution in [3.05, 3.63) is 35.9 Å². The normalized spacial score (nSPS) is 12.0. The van der Waals surface area contributed by atoms with Crippen molar-refractivity contribution >= 4 is 14.4 Å². The van der Waals surface area contributed by atoms with Crippen molar-refractivity contribution in [3.63, 3.8) is 0 Å². The van der Waals surface area contributed by atoms with Gasteiger partial charge in [-0.15, -0.1) is 0 Å². The molecule has 1 rings (SSSR count). The van der Waals surface area contributed by atoms with Gasteiger partial charge in [-0.3, -0.25) is 0 Å². The lowest BCUT2D eigenvalue weighted by Crippen LogP contribution is -2.41. The summed E-state index contributed by atoms with van der Waals surface area (Å²) in [5.74, 6) is 0. The number of hydrogen-bond donors (Lipinski definition) is 1. The number of ether oxygens (including phenoxy) is 1. The number of hydrogen-bond acceptors (Lipinski definition) is 3. The Morgan fingerprint density at radius 1 is 1.14 bits per heavy atom. The molecular weight excluding hydrogens is 294 g/mol. The quantitative estimate of drug-likeness (QED) is 0.600. The largest absolute Gasteiger partial charge is 0.449 e. The molecule has 0 bridgehead atoms. The summed E-state index contributed by atoms with van der Waals surface area (Å²) >= 11 is 0. The van der Waals surface area contributed by atoms with E-state index in [-0.39, 0.29) is 11.1 Å². The van der Waals surface area contributed by atoms with E-state index in [0.29, 0.717) is 19.8 Å². The first kappa shape index (κ1) is 18.7. The molecule has 1 amide bonds. The van der Waals surface area contributed by atoms with Gasteiger partial charge in [0.2, 0.25) is 0 Å². The predicted molar refractivity (Wildman–Crippen MR) is 92.4 cm³/mol. The van der Waals surface area contributed by atoms with Crippen molar-refractivity contribution in [1.82, 2.24) is 5.32 Å². The minimum Gasteiger partial charge on any atom is -0.449 e. The summed E-state index contributed by atoms with van der Waals surface area (Å²) in [4.78, 5) is 11.6. The second-order valence-electron chi connectivity index (χ2n) is 6.94. The summed E-state index contributed by atoms with van der Waals surface area (Å²) in [5.41, 5.74) is 1.06. The zero-order valence-electron chi connectivity index (χ0n) is 14.4. The van der Waals surface area contributed by atoms with Crippen LogP contribution in [0.1, 0.15) is 32.8 Å². The zero-order chi connectivity index (χ0) is 16.6. The molecule has 0 saturated heterocycles. The lowest BCUT2D eigenvalue weighted by atomic mass is 10.2. The molecule has 0 aromatic heterocycles. The molecule has 124 valence electrons. The Morgan fingerprint density at radius 3 is 2.36 bits per heavy atom. The topological polar surface area (TPSA) is 47.6 Å². The molecule has 1 aromatic carbocycles. The highest BCUT2D eigenvalue weighted by Gasteiger charge is 2.36. The van der Waals surface area contributed by atoms with Crippen molar-refractivity contribution in [2.24, 2.45) is 0 Å². The van der Waals surface area contributed by atoms with Crippen LogP contribution in [0.3, 0.4) is 0 Å². The lowest BCUT2D eigenvalue weighted by molar-refractivity contribution is 0.136. The van der Waals surface area contributed by atoms with Crippen LogP contribution in [-0.4, -0.2) is 27.6 Å². The van der Waals surface area contributed by atoms with E-state index >= 15 is 0 Å². The summed E-state index contributed by atoms with van der Waals surface area (Å²) in [7, 11) is -1.70. The maximum Gasteiger partial charge on any atom is 0.407 e. The van der Waals surface area contributed by atoms with Gasteiger partial charge in [-0.05, 0) is 23.7 Å². The van der Waals surface area contributed by atoms with Crippen LogP contribution in [0.4, 0.5) is 4.79 Å². The fourth-order valence-corrected chi connectivity index (χ4v) is 2.68. The highest BCUT2D eigenvalue weighted by Crippen LogP contribution is 2.36. The Hall–Kier alpha value is -1.33. The minimum atomic E-state index is -1.70. The van der Waals surface area contributed by atoms with E-state index in [4.69, 9.17) is 9.16 Å². The predicted octanol–water partition coefficient (Wildman–Crippen LogP) is 4.32. The van der Waals surface area contributed by atoms with Crippen molar-refractivity contribution < 1.29 is 14.0 Å². The molecule has 0 aliphatic heterocycles. The van der Waals surface area contributed by atoms with Gasteiger partial charge in [0, 0.05) is 19.6 Å². The molecule has 1 N–H and O–H groups in total. The molecule has 0 saturated carbocycles. The van der Waals surface area contributed by atoms with Crippen molar-refractivity contribution in [2.75, 3.05) is 13.2 Å². The van der Waals surface area contributed by atoms with Gasteiger partial charge >= 0.3 is 6.09 Å². The third-order valence-electron chi connectivity index (χ3n) is 4.07. The number of alkyl carbamates (subject to hydrolysis) is 1. The Kier molecular flexibility index (Phi) is 7.09. The third-order valence-corrected chi connectivity index (χ3v) is 8.61. The molecule has 0 aliphatic rings. The summed E-state index contributed by atoms with van der Waals surface area (Å²) in [5, 5.41) is 2.95. The highest BCUT2D eigenvalue weighted by molar-refractivity contribution is 6.74. The molecule has 22 heavy (non-hydrogen) atoms. The van der Waals surface area contributed by atoms with Crippen molar-refractivity contribution in [2.45, 2.75) is 51.9 Å². The molecule has 0 unspecified atom stereocenters. The van der Waals surface area contributed by atoms with Crippen LogP contribution in [0.25, 0.3) is 0 Å². The smallest absolute Gasteiger partial charge is 0.407 e. The minimum absolute atomic E-state index is 0.209. The first-order valence-electron chi connectivity index (χ1n) is 7.81. The molecule has 0 spiro atoms. The number of carbonyl (C=O) groups excluding carboxylic acids is 1. The highest BCUT2D eigenvalue weighted by atomic mass is 28.4. The van der Waals surface area contributed by atoms with Crippen LogP contribution in [0.5, 0.6) is 0 Å². The van der Waals surface area contributed by atoms with E-state index in [1.54, 1.807) is 0 Å². The van der Waals surface area contributed by atoms with E-state index < -0.39 is 8.32 Å². The Bertz CT molecular complexity index is 455. The molecular formula is C17H29NO3Si. The molecule has 0 aliphatic carbocycles. The maximum atomic E-state index is 11.6. The average molecular weight is 324 g/mol. The third kappa shape index (κ3) is 6.62. The molecule has 0 atom stereocenters. The van der Waals surface area contributed by atoms with Crippen LogP contribution in [-0.2, 0) is 15.7 Å². The molecule has 0 heterocycles. The number of benzene rings is 1. The first-order chi connectivity index (χ1) is 10.2. The summed E-state index contributed by atoms with van der Waals surface area (Å²) < 4.78 is 11.2. The molecule has 4 nitrogen and oxygen atoms in total. The molecule has 5 heteroatoms. The van der Waals surface area contributed by atoms with E-state index in [1.807, 2.05) is 30.3 Å². The van der Waals surface area contributed by atoms with E-state index in [9.17, 15) is 4.79 Å². The Labute approximate surface area is 135 Å². The first-order valence-corrected chi connectivity index (χ1v) is 10.7. The Balaban J connectivity index is 2.13. The summed E-state index contributed by atoms with van der Waals surface area (Å²) in [6.45, 7) is 12.6. The Morgan fingerprint density at radius 2 is 1.77 bits per heavy atom. The van der Waals surface area contributed by atoms with E-state index in [2.05, 4.69) is 39.2 Å². The van der Waals surface area contributed by atoms with E-state index in [0.717, 1.165) is 12.0 Å². The standard InChI is InChI=1S/C17H29NO3Si/c1-17(2,3)22(4,5)21-13-9-12-20-16(19)18-14-15-10-7-6-8-11-15/h6-8,10-11H,9,12-14H2,1-5H3,(H,18,19). The van der Waals surface area contributed by atoms with Crippen molar-refractivity contribution in [3.8, 4) is 0 Å². The van der Waals surface area contributed by atoms with Crippen LogP contribution in [0.2, 0.25) is 18.1 Å². The number of amides is 1. The fraction of sp³-hybridized carbons (Fsp3) is 0.588. The summed E-state index contributed by atoms with van der Waals surface area (Å²) in [6, 6.07) is 9.77. The van der Waals surface area contributed by atoms with Crippen LogP contribution in [0, 0.1) is 0 Å². The van der Waals surface area contributed by atoms with Gasteiger partial charge in [-0.1, -0.05) is 51.1 Å². The zero-order valence-corrected chi connectivity index (χ0v) is 15.4. The van der Waals surface area contributed by atoms with Gasteiger partial charge in [0.25, 0.3) is 0 Å². The molecule has 0 fully saturated rings. The second-order valence-corrected chi connectivity index (χ2v) is 11.7. The van der Waals surface area contributed by atoms with Gasteiger partial charge in [0.15, 0.2) is 8.32 Å². The average Bonchev–Trinajstić information content (AvgIpc) is 2.44. The maximum absolute atomic E-state index is 11.6. The SMILES string of the molecule is CC(C)(C)[Si](C)(C)OCCCOC(=O)NCc1ccccc1. The van der Waals surface area contributed by atoms with Gasteiger partial charge in [0.1, 0.15) is 0 Å². The van der Waals surface area contributed by atoms with E-state index in [1.165, 1.54) is 0 Å². The monoisotopic (exact) mass is 323 g/mol. The fourth-order valence-electron chi connectivity index (χ4n) is 1.59. The number of nitrogens with one attached hydrogen (secondary N) is 1. The molecule has 1 aromatic rings. The van der Waals surface area contributed by atoms with Crippen LogP contribution >= 0.6 is 0 Å². The lowest BCUT2D eigenvalue weighted by Gasteiger charge is -2.36. The van der Waals surface area contributed by atoms with Gasteiger partial charge in [-0.2, -0.15) is 0 Å². The molecule has 0 radical (unpaired) electrons. The van der Waals surface area contributed by atoms with Gasteiger partial charge < -0.3 is 14.5 Å². The van der Waals surface area contributed by atoms with Gasteiger partial charge in [-0.25, -0.2) is 4.79 Å². The number of carbonyl (C=O) groups is 1. The van der Waals surface area contributed by atoms with Crippen molar-refractivity contribution in [1.29, 1.82) is 0 Å². The van der Waals surface area contributed by atoms with Crippen LogP contribution in [0.15, 0.2) is 30.3 Å². The van der Waals surface area contributed by atoms with Crippen LogP contribution < -0.4 is 5.32 Å². The number of rotatable bonds is 7. The van der Waals surface area contributed by atoms with Gasteiger partial charge in [0.05, 0.1) is 6.61 Å². The second kappa shape index (κ2) is 8.34.